The summed E-state index contributed by atoms with van der Waals surface area (Å²) >= 11 is 0. The van der Waals surface area contributed by atoms with E-state index in [1.54, 1.807) is 30.5 Å². The van der Waals surface area contributed by atoms with Crippen LogP contribution in [0, 0.1) is 6.92 Å². The second-order valence-corrected chi connectivity index (χ2v) is 7.84. The third-order valence-corrected chi connectivity index (χ3v) is 4.98. The van der Waals surface area contributed by atoms with Gasteiger partial charge in [-0.05, 0) is 80.2 Å². The molecular formula is C26H24F3N7O. The molecule has 0 aliphatic carbocycles. The number of pyridine rings is 2. The number of rotatable bonds is 5. The fourth-order valence-corrected chi connectivity index (χ4v) is 3.26. The van der Waals surface area contributed by atoms with Gasteiger partial charge in [-0.3, -0.25) is 14.8 Å². The van der Waals surface area contributed by atoms with E-state index in [2.05, 4.69) is 30.5 Å². The minimum Gasteiger partial charge on any atom is -0.382 e. The van der Waals surface area contributed by atoms with Gasteiger partial charge in [-0.2, -0.15) is 18.3 Å². The van der Waals surface area contributed by atoms with Crippen LogP contribution in [0.25, 0.3) is 22.4 Å². The molecule has 3 N–H and O–H groups in total. The van der Waals surface area contributed by atoms with E-state index in [4.69, 9.17) is 5.73 Å². The number of aryl methyl sites for hydroxylation is 1. The number of halogens is 3. The van der Waals surface area contributed by atoms with Crippen molar-refractivity contribution in [2.45, 2.75) is 13.1 Å². The lowest BCUT2D eigenvalue weighted by atomic mass is 9.99. The summed E-state index contributed by atoms with van der Waals surface area (Å²) in [5, 5.41) is 9.79. The van der Waals surface area contributed by atoms with Crippen molar-refractivity contribution in [3.05, 3.63) is 89.6 Å². The number of amidine groups is 1. The molecule has 4 aromatic rings. The van der Waals surface area contributed by atoms with E-state index in [1.165, 1.54) is 6.20 Å². The summed E-state index contributed by atoms with van der Waals surface area (Å²) in [5.74, 6) is -0.193. The van der Waals surface area contributed by atoms with E-state index in [-0.39, 0.29) is 11.5 Å². The molecule has 37 heavy (non-hydrogen) atoms. The number of nitrogens with zero attached hydrogens (tertiary/aromatic N) is 5. The standard InChI is InChI=1S/C24H17F3N6O.C2H7N/c1-14-2-3-18(32-23(28)22-10-17(12-31-33-22)24(25,26)27)11-20(14)15-4-7-30-21(9-15)16-5-6-29-19(8-16)13-34;1-3-2/h2-13H,1H3,(H2,28,32);3H,1-2H3. The molecule has 190 valence electrons. The predicted octanol–water partition coefficient (Wildman–Crippen LogP) is 4.61. The number of aliphatic imine (C=N–C) groups is 1. The Labute approximate surface area is 211 Å². The smallest absolute Gasteiger partial charge is 0.382 e. The third kappa shape index (κ3) is 7.01. The second-order valence-electron chi connectivity index (χ2n) is 7.84. The molecule has 11 heteroatoms. The molecule has 0 aliphatic rings. The minimum absolute atomic E-state index is 0.174. The van der Waals surface area contributed by atoms with Crippen molar-refractivity contribution in [2.24, 2.45) is 10.7 Å². The van der Waals surface area contributed by atoms with Gasteiger partial charge >= 0.3 is 6.18 Å². The summed E-state index contributed by atoms with van der Waals surface area (Å²) in [6.45, 7) is 1.92. The molecule has 0 bridgehead atoms. The maximum Gasteiger partial charge on any atom is 0.418 e. The topological polar surface area (TPSA) is 119 Å². The highest BCUT2D eigenvalue weighted by atomic mass is 19.4. The molecule has 0 unspecified atom stereocenters. The zero-order chi connectivity index (χ0) is 27.0. The zero-order valence-corrected chi connectivity index (χ0v) is 20.3. The highest BCUT2D eigenvalue weighted by Crippen LogP contribution is 2.31. The third-order valence-electron chi connectivity index (χ3n) is 4.98. The first-order chi connectivity index (χ1) is 17.7. The summed E-state index contributed by atoms with van der Waals surface area (Å²) in [6.07, 6.45) is -0.0930. The average molecular weight is 508 g/mol. The van der Waals surface area contributed by atoms with E-state index in [0.29, 0.717) is 29.6 Å². The van der Waals surface area contributed by atoms with Crippen molar-refractivity contribution in [2.75, 3.05) is 14.1 Å². The molecular weight excluding hydrogens is 483 g/mol. The summed E-state index contributed by atoms with van der Waals surface area (Å²) in [5.41, 5.74) is 9.51. The Kier molecular flexibility index (Phi) is 8.75. The molecule has 0 radical (unpaired) electrons. The van der Waals surface area contributed by atoms with Crippen LogP contribution in [-0.2, 0) is 6.18 Å². The molecule has 0 saturated heterocycles. The van der Waals surface area contributed by atoms with Gasteiger partial charge in [0.25, 0.3) is 0 Å². The lowest BCUT2D eigenvalue weighted by Crippen LogP contribution is -2.17. The maximum absolute atomic E-state index is 13.0. The van der Waals surface area contributed by atoms with Crippen LogP contribution in [0.3, 0.4) is 0 Å². The van der Waals surface area contributed by atoms with Crippen molar-refractivity contribution in [3.63, 3.8) is 0 Å². The van der Waals surface area contributed by atoms with E-state index >= 15 is 0 Å². The number of nitrogens with two attached hydrogens (primary N) is 1. The number of carbonyl (C=O) groups is 1. The lowest BCUT2D eigenvalue weighted by Gasteiger charge is -2.10. The van der Waals surface area contributed by atoms with Crippen molar-refractivity contribution in [1.29, 1.82) is 0 Å². The van der Waals surface area contributed by atoms with Gasteiger partial charge < -0.3 is 11.1 Å². The van der Waals surface area contributed by atoms with Crippen LogP contribution < -0.4 is 11.1 Å². The van der Waals surface area contributed by atoms with Crippen LogP contribution in [-0.4, -0.2) is 46.4 Å². The fraction of sp³-hybridized carbons (Fsp3) is 0.154. The predicted molar refractivity (Wildman–Crippen MR) is 135 cm³/mol. The molecule has 3 heterocycles. The molecule has 4 rings (SSSR count). The van der Waals surface area contributed by atoms with Gasteiger partial charge in [-0.1, -0.05) is 6.07 Å². The largest absolute Gasteiger partial charge is 0.418 e. The van der Waals surface area contributed by atoms with Gasteiger partial charge in [0.15, 0.2) is 12.1 Å². The van der Waals surface area contributed by atoms with Gasteiger partial charge in [-0.25, -0.2) is 4.99 Å². The minimum atomic E-state index is -4.57. The maximum atomic E-state index is 13.0. The number of benzene rings is 1. The molecule has 0 fully saturated rings. The lowest BCUT2D eigenvalue weighted by molar-refractivity contribution is -0.137. The number of aromatic nitrogens is 4. The Bertz CT molecular complexity index is 1420. The van der Waals surface area contributed by atoms with E-state index < -0.39 is 11.7 Å². The van der Waals surface area contributed by atoms with Gasteiger partial charge in [0.2, 0.25) is 0 Å². The van der Waals surface area contributed by atoms with Crippen LogP contribution in [0.1, 0.15) is 27.3 Å². The molecule has 0 saturated carbocycles. The summed E-state index contributed by atoms with van der Waals surface area (Å²) in [7, 11) is 3.75. The number of alkyl halides is 3. The van der Waals surface area contributed by atoms with Crippen LogP contribution >= 0.6 is 0 Å². The Morgan fingerprint density at radius 3 is 2.41 bits per heavy atom. The monoisotopic (exact) mass is 507 g/mol. The van der Waals surface area contributed by atoms with Gasteiger partial charge in [-0.15, -0.1) is 5.10 Å². The number of hydrogen-bond donors (Lipinski definition) is 2. The van der Waals surface area contributed by atoms with E-state index in [1.807, 2.05) is 39.2 Å². The fourth-order valence-electron chi connectivity index (χ4n) is 3.26. The number of hydrogen-bond acceptors (Lipinski definition) is 7. The Hall–Kier alpha value is -4.51. The molecule has 0 aliphatic heterocycles. The van der Waals surface area contributed by atoms with Crippen LogP contribution in [0.5, 0.6) is 0 Å². The van der Waals surface area contributed by atoms with Crippen LogP contribution in [0.4, 0.5) is 18.9 Å². The van der Waals surface area contributed by atoms with E-state index in [9.17, 15) is 18.0 Å². The summed E-state index contributed by atoms with van der Waals surface area (Å²) < 4.78 is 38.9. The van der Waals surface area contributed by atoms with Crippen LogP contribution in [0.2, 0.25) is 0 Å². The SMILES string of the molecule is CNC.Cc1ccc(N=C(N)c2cc(C(F)(F)F)cnn2)cc1-c1ccnc(-c2ccnc(C=O)c2)c1. The molecule has 3 aromatic heterocycles. The average Bonchev–Trinajstić information content (AvgIpc) is 2.90. The van der Waals surface area contributed by atoms with Gasteiger partial charge in [0.05, 0.1) is 23.1 Å². The Balaban J connectivity index is 0.00000121. The first-order valence-corrected chi connectivity index (χ1v) is 11.0. The molecule has 8 nitrogen and oxygen atoms in total. The van der Waals surface area contributed by atoms with Crippen molar-refractivity contribution < 1.29 is 18.0 Å². The number of nitrogens with one attached hydrogen (secondary N) is 1. The van der Waals surface area contributed by atoms with Crippen LogP contribution in [0.15, 0.2) is 72.1 Å². The second kappa shape index (κ2) is 12.0. The molecule has 0 atom stereocenters. The van der Waals surface area contributed by atoms with Crippen molar-refractivity contribution in [1.82, 2.24) is 25.5 Å². The number of aldehydes is 1. The first-order valence-electron chi connectivity index (χ1n) is 11.0. The zero-order valence-electron chi connectivity index (χ0n) is 20.3. The Morgan fingerprint density at radius 2 is 1.70 bits per heavy atom. The van der Waals surface area contributed by atoms with Gasteiger partial charge in [0, 0.05) is 18.0 Å². The first kappa shape index (κ1) is 27.1. The van der Waals surface area contributed by atoms with Gasteiger partial charge in [0.1, 0.15) is 11.4 Å². The summed E-state index contributed by atoms with van der Waals surface area (Å²) in [4.78, 5) is 23.6. The highest BCUT2D eigenvalue weighted by Gasteiger charge is 2.31. The van der Waals surface area contributed by atoms with Crippen molar-refractivity contribution in [3.8, 4) is 22.4 Å². The van der Waals surface area contributed by atoms with Crippen molar-refractivity contribution >= 4 is 17.8 Å². The summed E-state index contributed by atoms with van der Waals surface area (Å²) in [6, 6.07) is 13.2. The molecule has 0 amide bonds. The normalized spacial score (nSPS) is 11.5. The molecule has 1 aromatic carbocycles. The Morgan fingerprint density at radius 1 is 1.00 bits per heavy atom. The number of carbonyl (C=O) groups excluding carboxylic acids is 1. The highest BCUT2D eigenvalue weighted by molar-refractivity contribution is 5.97. The molecule has 0 spiro atoms. The quantitative estimate of drug-likeness (QED) is 0.230. The van der Waals surface area contributed by atoms with E-state index in [0.717, 1.165) is 28.3 Å².